The third kappa shape index (κ3) is 16.0. The van der Waals surface area contributed by atoms with Gasteiger partial charge in [0, 0.05) is 12.2 Å². The van der Waals surface area contributed by atoms with Crippen molar-refractivity contribution in [3.05, 3.63) is 223 Å². The van der Waals surface area contributed by atoms with E-state index in [2.05, 4.69) is 198 Å². The molecule has 1 radical (unpaired) electrons. The molecule has 0 N–H and O–H groups in total. The molecule has 0 spiro atoms. The van der Waals surface area contributed by atoms with Crippen LogP contribution in [-0.4, -0.2) is 32.1 Å². The zero-order chi connectivity index (χ0) is 36.0. The molecule has 0 saturated carbocycles. The fraction of sp³-hybridized carbons (Fsp3) is 0.104. The van der Waals surface area contributed by atoms with E-state index in [1.54, 1.807) is 0 Å². The summed E-state index contributed by atoms with van der Waals surface area (Å²) in [4.78, 5) is 20.6. The Kier molecular flexibility index (Phi) is 26.5. The zero-order valence-corrected chi connectivity index (χ0v) is 36.4. The van der Waals surface area contributed by atoms with Gasteiger partial charge in [-0.25, -0.2) is 9.59 Å². The van der Waals surface area contributed by atoms with Gasteiger partial charge in [-0.05, 0) is 12.8 Å². The number of carbonyl (C=O) groups is 2. The Bertz CT molecular complexity index is 1690. The summed E-state index contributed by atoms with van der Waals surface area (Å²) in [7, 11) is -0.890. The monoisotopic (exact) mass is 860 g/mol. The van der Waals surface area contributed by atoms with Gasteiger partial charge < -0.3 is 31.8 Å². The van der Waals surface area contributed by atoms with Crippen LogP contribution in [0.4, 0.5) is 0 Å². The molecule has 4 nitrogen and oxygen atoms in total. The Hall–Kier alpha value is -4.52. The molecule has 55 heavy (non-hydrogen) atoms. The van der Waals surface area contributed by atoms with Crippen molar-refractivity contribution >= 4 is 53.6 Å². The van der Waals surface area contributed by atoms with Crippen molar-refractivity contribution in [1.82, 2.24) is 0 Å². The normalized spacial score (nSPS) is 12.1. The number of esters is 2. The molecule has 0 heterocycles. The summed E-state index contributed by atoms with van der Waals surface area (Å²) in [6.45, 7) is 0. The Morgan fingerprint density at radius 3 is 1.09 bits per heavy atom. The van der Waals surface area contributed by atoms with Gasteiger partial charge in [0.15, 0.2) is 0 Å². The summed E-state index contributed by atoms with van der Waals surface area (Å²) >= 11 is 0. The second kappa shape index (κ2) is 28.9. The molecule has 1 aliphatic rings. The second-order valence-electron chi connectivity index (χ2n) is 11.6. The van der Waals surface area contributed by atoms with Crippen molar-refractivity contribution in [1.29, 1.82) is 0 Å². The maximum atomic E-state index is 10.3. The molecule has 5 aromatic rings. The molecule has 0 bridgehead atoms. The van der Waals surface area contributed by atoms with Gasteiger partial charge >= 0.3 is 231 Å². The van der Waals surface area contributed by atoms with Crippen molar-refractivity contribution in [3.63, 3.8) is 0 Å². The van der Waals surface area contributed by atoms with Crippen LogP contribution in [0.2, 0.25) is 0 Å². The third-order valence-corrected chi connectivity index (χ3v) is 17.9. The van der Waals surface area contributed by atoms with E-state index in [0.717, 1.165) is 12.2 Å². The van der Waals surface area contributed by atoms with Crippen molar-refractivity contribution in [2.75, 3.05) is 20.1 Å². The number of hydrogen-bond donors (Lipinski definition) is 0. The first-order chi connectivity index (χ1) is 25.1. The average molecular weight is 860 g/mol. The number of allylic oxidation sites excluding steroid dienone is 6. The van der Waals surface area contributed by atoms with E-state index < -0.39 is 27.1 Å². The molecule has 0 fully saturated rings. The van der Waals surface area contributed by atoms with Crippen LogP contribution >= 0.6 is 15.2 Å². The van der Waals surface area contributed by atoms with Gasteiger partial charge in [-0.2, -0.15) is 0 Å². The van der Waals surface area contributed by atoms with Crippen LogP contribution in [0.5, 0.6) is 0 Å². The number of ether oxygens (including phenoxy) is 2. The van der Waals surface area contributed by atoms with Crippen LogP contribution in [0.25, 0.3) is 0 Å². The van der Waals surface area contributed by atoms with E-state index >= 15 is 0 Å². The molecule has 0 atom stereocenters. The van der Waals surface area contributed by atoms with Crippen LogP contribution in [0.3, 0.4) is 0 Å². The van der Waals surface area contributed by atoms with E-state index in [9.17, 15) is 9.59 Å². The number of methoxy groups -OCH3 is 2. The molecule has 7 heteroatoms. The van der Waals surface area contributed by atoms with Crippen LogP contribution in [0, 0.1) is 22.3 Å². The molecule has 0 aliphatic heterocycles. The molecule has 289 valence electrons. The molecule has 0 saturated heterocycles. The van der Waals surface area contributed by atoms with Gasteiger partial charge in [0.2, 0.25) is 0 Å². The maximum absolute atomic E-state index is 10.3. The minimum absolute atomic E-state index is 0. The van der Waals surface area contributed by atoms with Gasteiger partial charge in [-0.1, -0.05) is 36.5 Å². The first-order valence-corrected chi connectivity index (χ1v) is 21.0. The molecule has 6 rings (SSSR count). The summed E-state index contributed by atoms with van der Waals surface area (Å²) in [6.07, 6.45) is 17.0. The van der Waals surface area contributed by atoms with Crippen LogP contribution in [0.15, 0.2) is 200 Å². The Labute approximate surface area is 346 Å². The molecule has 1 aliphatic carbocycles. The van der Waals surface area contributed by atoms with Crippen molar-refractivity contribution in [2.24, 2.45) is 0 Å². The molecular weight excluding hydrogens is 804 g/mol. The van der Waals surface area contributed by atoms with Crippen LogP contribution in [0.1, 0.15) is 12.8 Å². The van der Waals surface area contributed by atoms with E-state index in [0.29, 0.717) is 0 Å². The fourth-order valence-electron chi connectivity index (χ4n) is 5.83. The standard InChI is InChI=1S/C31H28P2.C8H10.C6H8O4.3CH3.Ru/c1-6-16-27(17-7-1)32(28-18-8-2-9-19-28)26-33(29-20-10-3-11-21-29,30-22-12-4-13-23-30)31-24-14-5-15-25-31;1-2-4-6-8-7-5-3-1;1-9-5(7)3-4-6(8)10-2;;;;/h1-25,33H,26H2;1-6H,7-8H2;3-4H,1-2H3;3*1H3;/q;;;3*-1;+3/p+1/b;2-1?,5-3-,6-4?;;;;;. The summed E-state index contributed by atoms with van der Waals surface area (Å²) in [6, 6.07) is 56.2. The molecule has 0 amide bonds. The molecule has 5 aromatic carbocycles. The molecular formula is C48H56O4P2Ru+. The number of rotatable bonds is 9. The van der Waals surface area contributed by atoms with Gasteiger partial charge in [0.05, 0.1) is 14.2 Å². The number of hydrogen-bond acceptors (Lipinski definition) is 4. The minimum atomic E-state index is -2.31. The number of benzene rings is 5. The Balaban J connectivity index is 0.00000111. The van der Waals surface area contributed by atoms with Gasteiger partial charge in [0.25, 0.3) is 0 Å². The van der Waals surface area contributed by atoms with Gasteiger partial charge in [-0.3, -0.25) is 0 Å². The van der Waals surface area contributed by atoms with E-state index in [1.165, 1.54) is 59.5 Å². The zero-order valence-electron chi connectivity index (χ0n) is 32.7. The Morgan fingerprint density at radius 1 is 0.509 bits per heavy atom. The van der Waals surface area contributed by atoms with Gasteiger partial charge in [0.1, 0.15) is 0 Å². The Morgan fingerprint density at radius 2 is 0.800 bits per heavy atom. The first-order valence-electron chi connectivity index (χ1n) is 17.0. The average Bonchev–Trinajstić information content (AvgIpc) is 3.19. The second-order valence-corrected chi connectivity index (χ2v) is 18.7. The third-order valence-electron chi connectivity index (χ3n) is 8.35. The van der Waals surface area contributed by atoms with Crippen LogP contribution < -0.4 is 26.5 Å². The number of carbonyl (C=O) groups excluding carboxylic acids is 2. The molecule has 0 aromatic heterocycles. The van der Waals surface area contributed by atoms with E-state index in [4.69, 9.17) is 0 Å². The van der Waals surface area contributed by atoms with Gasteiger partial charge in [-0.15, -0.1) is 0 Å². The van der Waals surface area contributed by atoms with Crippen LogP contribution in [-0.2, 0) is 38.5 Å². The van der Waals surface area contributed by atoms with Crippen molar-refractivity contribution < 1.29 is 38.5 Å². The van der Waals surface area contributed by atoms with E-state index in [1.807, 2.05) is 0 Å². The summed E-state index contributed by atoms with van der Waals surface area (Å²) in [5, 5.41) is 7.41. The first kappa shape index (κ1) is 50.5. The predicted molar refractivity (Wildman–Crippen MR) is 241 cm³/mol. The van der Waals surface area contributed by atoms with E-state index in [-0.39, 0.29) is 41.8 Å². The van der Waals surface area contributed by atoms with Crippen molar-refractivity contribution in [3.8, 4) is 0 Å². The summed E-state index contributed by atoms with van der Waals surface area (Å²) < 4.78 is 8.42. The SMILES string of the molecule is C1=C/C=C\CCC=C1.COC(=O)C=CC(=O)OC.[CH3-].[CH3-].[CH3-].[Ru+3].c1ccc([PH+](C[PH](c2ccccc2)(c2ccccc2)c2ccccc2)c2ccccc2)cc1. The molecule has 0 unspecified atom stereocenters. The fourth-order valence-corrected chi connectivity index (χ4v) is 16.8. The summed E-state index contributed by atoms with van der Waals surface area (Å²) in [5.74, 6) is 0.0137. The predicted octanol–water partition coefficient (Wildman–Crippen LogP) is 9.22. The quantitative estimate of drug-likeness (QED) is 0.0488. The topological polar surface area (TPSA) is 52.6 Å². The van der Waals surface area contributed by atoms with Crippen molar-refractivity contribution in [2.45, 2.75) is 12.8 Å². The summed E-state index contributed by atoms with van der Waals surface area (Å²) in [5.41, 5.74) is 0.